The summed E-state index contributed by atoms with van der Waals surface area (Å²) in [4.78, 5) is 24.0. The van der Waals surface area contributed by atoms with Crippen molar-refractivity contribution in [3.63, 3.8) is 0 Å². The first-order chi connectivity index (χ1) is 20.4. The Bertz CT molecular complexity index is 1280. The first kappa shape index (κ1) is 29.8. The molecule has 238 valence electrons. The quantitative estimate of drug-likeness (QED) is 0.219. The van der Waals surface area contributed by atoms with Crippen LogP contribution in [0.3, 0.4) is 0 Å². The lowest BCUT2D eigenvalue weighted by Gasteiger charge is -2.61. The molecule has 1 aromatic heterocycles. The van der Waals surface area contributed by atoms with Crippen molar-refractivity contribution < 1.29 is 48.6 Å². The SMILES string of the molecule is CC(=O)O[C@H]1[C@H]2OC23C2CC[C@@H]4C[C@@H](O[C@@H]5O[C@H](CO)[C@@H](O)[C@H](O)[C@H]5O)CC[C@]4(C)[C@H]2CC[C@]3(C)[C@H]1c1ccc(=O)oc1. The molecule has 11 heteroatoms. The first-order valence-electron chi connectivity index (χ1n) is 15.8. The van der Waals surface area contributed by atoms with Gasteiger partial charge in [-0.15, -0.1) is 0 Å². The molecule has 43 heavy (non-hydrogen) atoms. The number of fused-ring (bicyclic) bond motifs is 3. The minimum Gasteiger partial charge on any atom is -0.459 e. The van der Waals surface area contributed by atoms with Crippen molar-refractivity contribution in [2.45, 2.75) is 126 Å². The molecule has 0 aromatic carbocycles. The molecular weight excluding hydrogens is 560 g/mol. The number of carbonyl (C=O) groups excluding carboxylic acids is 1. The van der Waals surface area contributed by atoms with Gasteiger partial charge in [0.05, 0.1) is 19.0 Å². The van der Waals surface area contributed by atoms with Crippen molar-refractivity contribution in [3.05, 3.63) is 34.4 Å². The van der Waals surface area contributed by atoms with Crippen LogP contribution in [-0.4, -0.2) is 87.6 Å². The molecule has 2 aliphatic heterocycles. The van der Waals surface area contributed by atoms with Gasteiger partial charge in [-0.1, -0.05) is 13.8 Å². The van der Waals surface area contributed by atoms with Crippen LogP contribution in [0.15, 0.2) is 27.6 Å². The molecule has 4 saturated carbocycles. The van der Waals surface area contributed by atoms with Crippen LogP contribution in [0.4, 0.5) is 0 Å². The predicted molar refractivity (Wildman–Crippen MR) is 149 cm³/mol. The van der Waals surface area contributed by atoms with Crippen molar-refractivity contribution in [1.29, 1.82) is 0 Å². The second kappa shape index (κ2) is 10.3. The van der Waals surface area contributed by atoms with Gasteiger partial charge >= 0.3 is 11.6 Å². The molecular formula is C32H44O11. The van der Waals surface area contributed by atoms with Crippen LogP contribution in [-0.2, 0) is 23.7 Å². The van der Waals surface area contributed by atoms with Crippen LogP contribution >= 0.6 is 0 Å². The van der Waals surface area contributed by atoms with Gasteiger partial charge in [0.15, 0.2) is 6.29 Å². The highest BCUT2D eigenvalue weighted by molar-refractivity contribution is 5.66. The van der Waals surface area contributed by atoms with Gasteiger partial charge in [0.25, 0.3) is 0 Å². The third kappa shape index (κ3) is 4.26. The minimum atomic E-state index is -1.46. The third-order valence-electron chi connectivity index (χ3n) is 12.6. The molecule has 1 aromatic rings. The maximum absolute atomic E-state index is 12.3. The number of epoxide rings is 1. The molecule has 0 radical (unpaired) electrons. The van der Waals surface area contributed by atoms with Gasteiger partial charge in [-0.3, -0.25) is 4.79 Å². The Morgan fingerprint density at radius 3 is 2.51 bits per heavy atom. The van der Waals surface area contributed by atoms with Gasteiger partial charge in [0.1, 0.15) is 42.2 Å². The maximum Gasteiger partial charge on any atom is 0.335 e. The highest BCUT2D eigenvalue weighted by atomic mass is 16.7. The number of hydrogen-bond acceptors (Lipinski definition) is 11. The average Bonchev–Trinajstić information content (AvgIpc) is 3.68. The lowest BCUT2D eigenvalue weighted by Crippen LogP contribution is -2.60. The summed E-state index contributed by atoms with van der Waals surface area (Å²) < 4.78 is 29.8. The molecule has 3 heterocycles. The molecule has 1 spiro atoms. The monoisotopic (exact) mass is 604 g/mol. The summed E-state index contributed by atoms with van der Waals surface area (Å²) in [7, 11) is 0. The molecule has 2 unspecified atom stereocenters. The lowest BCUT2D eigenvalue weighted by molar-refractivity contribution is -0.316. The zero-order valence-electron chi connectivity index (χ0n) is 25.0. The predicted octanol–water partition coefficient (Wildman–Crippen LogP) is 1.62. The van der Waals surface area contributed by atoms with Gasteiger partial charge in [-0.2, -0.15) is 0 Å². The third-order valence-corrected chi connectivity index (χ3v) is 12.6. The number of aliphatic hydroxyl groups is 4. The van der Waals surface area contributed by atoms with Crippen LogP contribution in [0.1, 0.15) is 77.2 Å². The zero-order chi connectivity index (χ0) is 30.5. The van der Waals surface area contributed by atoms with Crippen molar-refractivity contribution in [3.8, 4) is 0 Å². The summed E-state index contributed by atoms with van der Waals surface area (Å²) in [6, 6.07) is 3.24. The molecule has 6 aliphatic rings. The van der Waals surface area contributed by atoms with E-state index in [2.05, 4.69) is 13.8 Å². The molecule has 7 rings (SSSR count). The van der Waals surface area contributed by atoms with E-state index in [-0.39, 0.29) is 34.9 Å². The zero-order valence-corrected chi connectivity index (χ0v) is 25.0. The van der Waals surface area contributed by atoms with E-state index >= 15 is 0 Å². The summed E-state index contributed by atoms with van der Waals surface area (Å²) in [6.45, 7) is 5.61. The first-order valence-corrected chi connectivity index (χ1v) is 15.8. The van der Waals surface area contributed by atoms with Crippen molar-refractivity contribution >= 4 is 5.97 Å². The minimum absolute atomic E-state index is 0.0549. The summed E-state index contributed by atoms with van der Waals surface area (Å²) >= 11 is 0. The highest BCUT2D eigenvalue weighted by Crippen LogP contribution is 2.78. The molecule has 11 nitrogen and oxygen atoms in total. The number of aliphatic hydroxyl groups excluding tert-OH is 4. The Morgan fingerprint density at radius 2 is 1.81 bits per heavy atom. The van der Waals surface area contributed by atoms with E-state index in [0.717, 1.165) is 50.5 Å². The largest absolute Gasteiger partial charge is 0.459 e. The molecule has 4 N–H and O–H groups in total. The van der Waals surface area contributed by atoms with E-state index in [1.165, 1.54) is 19.3 Å². The maximum atomic E-state index is 12.3. The van der Waals surface area contributed by atoms with Gasteiger partial charge in [-0.05, 0) is 79.7 Å². The summed E-state index contributed by atoms with van der Waals surface area (Å²) in [6.07, 6.45) is 0.703. The number of carbonyl (C=O) groups is 1. The normalized spacial score (nSPS) is 51.9. The number of rotatable bonds is 5. The topological polar surface area (TPSA) is 168 Å². The van der Waals surface area contributed by atoms with E-state index in [9.17, 15) is 30.0 Å². The van der Waals surface area contributed by atoms with Crippen LogP contribution < -0.4 is 5.63 Å². The summed E-state index contributed by atoms with van der Waals surface area (Å²) in [5, 5.41) is 40.4. The molecule has 2 saturated heterocycles. The Labute approximate surface area is 250 Å². The molecule has 0 amide bonds. The van der Waals surface area contributed by atoms with Crippen molar-refractivity contribution in [2.75, 3.05) is 6.61 Å². The molecule has 4 aliphatic carbocycles. The Morgan fingerprint density at radius 1 is 1.02 bits per heavy atom. The Kier molecular flexibility index (Phi) is 7.17. The van der Waals surface area contributed by atoms with Crippen LogP contribution in [0, 0.1) is 28.6 Å². The summed E-state index contributed by atoms with van der Waals surface area (Å²) in [5.41, 5.74) is -0.180. The smallest absolute Gasteiger partial charge is 0.335 e. The van der Waals surface area contributed by atoms with Gasteiger partial charge in [0, 0.05) is 24.3 Å². The van der Waals surface area contributed by atoms with E-state index < -0.39 is 54.6 Å². The number of esters is 1. The van der Waals surface area contributed by atoms with E-state index in [0.29, 0.717) is 17.8 Å². The number of hydrogen-bond donors (Lipinski definition) is 4. The molecule has 0 bridgehead atoms. The highest BCUT2D eigenvalue weighted by Gasteiger charge is 2.84. The van der Waals surface area contributed by atoms with Gasteiger partial charge in [-0.25, -0.2) is 4.79 Å². The lowest BCUT2D eigenvalue weighted by atomic mass is 9.44. The van der Waals surface area contributed by atoms with E-state index in [1.807, 2.05) is 0 Å². The van der Waals surface area contributed by atoms with E-state index in [1.54, 1.807) is 6.07 Å². The Balaban J connectivity index is 1.11. The van der Waals surface area contributed by atoms with Crippen LogP contribution in [0.2, 0.25) is 0 Å². The second-order valence-electron chi connectivity index (χ2n) is 14.5. The average molecular weight is 605 g/mol. The number of ether oxygens (including phenoxy) is 4. The van der Waals surface area contributed by atoms with Crippen LogP contribution in [0.25, 0.3) is 0 Å². The molecule has 6 fully saturated rings. The fraction of sp³-hybridized carbons (Fsp3) is 0.812. The van der Waals surface area contributed by atoms with Crippen LogP contribution in [0.5, 0.6) is 0 Å². The molecule has 15 atom stereocenters. The second-order valence-corrected chi connectivity index (χ2v) is 14.5. The summed E-state index contributed by atoms with van der Waals surface area (Å²) in [5.74, 6) is 0.640. The van der Waals surface area contributed by atoms with Gasteiger partial charge in [0.2, 0.25) is 0 Å². The van der Waals surface area contributed by atoms with Gasteiger partial charge < -0.3 is 43.8 Å². The Hall–Kier alpha value is -1.86. The van der Waals surface area contributed by atoms with Crippen molar-refractivity contribution in [2.24, 2.45) is 28.6 Å². The van der Waals surface area contributed by atoms with Crippen molar-refractivity contribution in [1.82, 2.24) is 0 Å². The fourth-order valence-electron chi connectivity index (χ4n) is 10.6. The van der Waals surface area contributed by atoms with E-state index in [4.69, 9.17) is 23.4 Å². The fourth-order valence-corrected chi connectivity index (χ4v) is 10.6. The standard InChI is InChI=1S/C32H44O11/c1-15(34)40-27-23(16-4-7-22(35)39-14-16)31(3)11-9-19-20(32(31)28(27)43-32)6-5-17-12-18(8-10-30(17,19)2)41-29-26(38)25(37)24(36)21(13-33)42-29/h4,7,14,17-21,23-29,33,36-38H,5-6,8-13H2,1-3H3/t17-,18+,19+,20?,21-,23+,24-,25+,26-,27-,28-,29-,30+,31-,32?/m1/s1.